The minimum Gasteiger partial charge on any atom is -0.353 e. The zero-order valence-corrected chi connectivity index (χ0v) is 12.0. The first-order valence-corrected chi connectivity index (χ1v) is 6.76. The van der Waals surface area contributed by atoms with E-state index < -0.39 is 0 Å². The third-order valence-electron chi connectivity index (χ3n) is 3.58. The molecule has 1 amide bonds. The van der Waals surface area contributed by atoms with Crippen LogP contribution in [0.4, 0.5) is 5.82 Å². The summed E-state index contributed by atoms with van der Waals surface area (Å²) in [5, 5.41) is 4.40. The standard InChI is InChI=1S/C13H18N6O/c1-9-8-12(19-13(14-9)15-10(2)16-19)18-6-4-17(5-7-18)11(3)20/h8H,4-7H2,1-3H3. The monoisotopic (exact) mass is 274 g/mol. The van der Waals surface area contributed by atoms with E-state index in [-0.39, 0.29) is 5.91 Å². The van der Waals surface area contributed by atoms with Gasteiger partial charge < -0.3 is 9.80 Å². The first kappa shape index (κ1) is 12.8. The molecule has 2 aromatic rings. The van der Waals surface area contributed by atoms with Gasteiger partial charge in [-0.3, -0.25) is 4.79 Å². The van der Waals surface area contributed by atoms with E-state index in [0.29, 0.717) is 11.6 Å². The number of rotatable bonds is 1. The number of fused-ring (bicyclic) bond motifs is 1. The minimum atomic E-state index is 0.136. The van der Waals surface area contributed by atoms with Crippen LogP contribution in [-0.4, -0.2) is 56.6 Å². The highest BCUT2D eigenvalue weighted by Crippen LogP contribution is 2.18. The van der Waals surface area contributed by atoms with Crippen molar-refractivity contribution in [3.05, 3.63) is 17.6 Å². The topological polar surface area (TPSA) is 66.6 Å². The van der Waals surface area contributed by atoms with Gasteiger partial charge in [0.2, 0.25) is 5.91 Å². The van der Waals surface area contributed by atoms with E-state index in [1.807, 2.05) is 24.8 Å². The van der Waals surface area contributed by atoms with E-state index in [1.165, 1.54) is 0 Å². The van der Waals surface area contributed by atoms with E-state index in [4.69, 9.17) is 0 Å². The molecule has 0 aromatic carbocycles. The second kappa shape index (κ2) is 4.73. The molecule has 1 aliphatic heterocycles. The predicted molar refractivity (Wildman–Crippen MR) is 74.7 cm³/mol. The summed E-state index contributed by atoms with van der Waals surface area (Å²) in [6.45, 7) is 8.53. The maximum Gasteiger partial charge on any atom is 0.254 e. The zero-order valence-electron chi connectivity index (χ0n) is 12.0. The fraction of sp³-hybridized carbons (Fsp3) is 0.538. The summed E-state index contributed by atoms with van der Waals surface area (Å²) in [7, 11) is 0. The molecule has 20 heavy (non-hydrogen) atoms. The first-order chi connectivity index (χ1) is 9.54. The molecular formula is C13H18N6O. The molecule has 0 N–H and O–H groups in total. The quantitative estimate of drug-likeness (QED) is 0.753. The zero-order chi connectivity index (χ0) is 14.3. The van der Waals surface area contributed by atoms with Gasteiger partial charge in [0.05, 0.1) is 0 Å². The van der Waals surface area contributed by atoms with Crippen LogP contribution in [0.25, 0.3) is 5.78 Å². The van der Waals surface area contributed by atoms with Crippen molar-refractivity contribution in [3.8, 4) is 0 Å². The van der Waals surface area contributed by atoms with Gasteiger partial charge in [0.15, 0.2) is 0 Å². The van der Waals surface area contributed by atoms with Gasteiger partial charge in [-0.1, -0.05) is 0 Å². The van der Waals surface area contributed by atoms with Crippen molar-refractivity contribution in [2.24, 2.45) is 0 Å². The second-order valence-corrected chi connectivity index (χ2v) is 5.12. The molecule has 7 nitrogen and oxygen atoms in total. The molecule has 106 valence electrons. The molecule has 0 atom stereocenters. The number of hydrogen-bond donors (Lipinski definition) is 0. The molecule has 1 fully saturated rings. The van der Waals surface area contributed by atoms with E-state index in [2.05, 4.69) is 20.0 Å². The van der Waals surface area contributed by atoms with Crippen LogP contribution >= 0.6 is 0 Å². The Balaban J connectivity index is 1.93. The first-order valence-electron chi connectivity index (χ1n) is 6.76. The Morgan fingerprint density at radius 3 is 2.50 bits per heavy atom. The maximum atomic E-state index is 11.4. The normalized spacial score (nSPS) is 15.9. The van der Waals surface area contributed by atoms with E-state index in [0.717, 1.165) is 37.7 Å². The van der Waals surface area contributed by atoms with E-state index in [1.54, 1.807) is 11.4 Å². The lowest BCUT2D eigenvalue weighted by atomic mass is 10.3. The third-order valence-corrected chi connectivity index (χ3v) is 3.58. The number of piperazine rings is 1. The Kier molecular flexibility index (Phi) is 3.04. The number of amides is 1. The summed E-state index contributed by atoms with van der Waals surface area (Å²) in [5.41, 5.74) is 0.925. The highest BCUT2D eigenvalue weighted by atomic mass is 16.2. The fourth-order valence-corrected chi connectivity index (χ4v) is 2.54. The molecule has 3 rings (SSSR count). The Morgan fingerprint density at radius 2 is 1.85 bits per heavy atom. The third kappa shape index (κ3) is 2.19. The van der Waals surface area contributed by atoms with Gasteiger partial charge in [-0.25, -0.2) is 4.98 Å². The smallest absolute Gasteiger partial charge is 0.254 e. The number of nitrogens with zero attached hydrogens (tertiary/aromatic N) is 6. The molecule has 0 unspecified atom stereocenters. The molecule has 0 bridgehead atoms. The highest BCUT2D eigenvalue weighted by molar-refractivity contribution is 5.73. The van der Waals surface area contributed by atoms with Gasteiger partial charge in [-0.2, -0.15) is 9.50 Å². The molecule has 1 saturated heterocycles. The predicted octanol–water partition coefficient (Wildman–Crippen LogP) is 0.410. The number of hydrogen-bond acceptors (Lipinski definition) is 5. The number of carbonyl (C=O) groups excluding carboxylic acids is 1. The van der Waals surface area contributed by atoms with Gasteiger partial charge in [0.1, 0.15) is 11.6 Å². The van der Waals surface area contributed by atoms with Crippen LogP contribution in [0.5, 0.6) is 0 Å². The Labute approximate surface area is 117 Å². The van der Waals surface area contributed by atoms with Crippen molar-refractivity contribution in [1.82, 2.24) is 24.5 Å². The van der Waals surface area contributed by atoms with Crippen LogP contribution in [-0.2, 0) is 4.79 Å². The van der Waals surface area contributed by atoms with Crippen molar-refractivity contribution in [3.63, 3.8) is 0 Å². The minimum absolute atomic E-state index is 0.136. The molecule has 2 aromatic heterocycles. The van der Waals surface area contributed by atoms with Crippen LogP contribution < -0.4 is 4.90 Å². The van der Waals surface area contributed by atoms with Gasteiger partial charge in [-0.15, -0.1) is 5.10 Å². The second-order valence-electron chi connectivity index (χ2n) is 5.12. The summed E-state index contributed by atoms with van der Waals surface area (Å²) in [6, 6.07) is 2.02. The molecule has 0 saturated carbocycles. The number of aromatic nitrogens is 4. The van der Waals surface area contributed by atoms with Gasteiger partial charge in [-0.05, 0) is 13.8 Å². The Hall–Kier alpha value is -2.18. The van der Waals surface area contributed by atoms with Crippen molar-refractivity contribution in [2.45, 2.75) is 20.8 Å². The summed E-state index contributed by atoms with van der Waals surface area (Å²) >= 11 is 0. The molecule has 3 heterocycles. The van der Waals surface area contributed by atoms with Crippen LogP contribution in [0.3, 0.4) is 0 Å². The molecule has 1 aliphatic rings. The van der Waals surface area contributed by atoms with Gasteiger partial charge in [0.25, 0.3) is 5.78 Å². The molecule has 7 heteroatoms. The lowest BCUT2D eigenvalue weighted by Crippen LogP contribution is -2.48. The number of carbonyl (C=O) groups is 1. The summed E-state index contributed by atoms with van der Waals surface area (Å²) < 4.78 is 1.78. The van der Waals surface area contributed by atoms with Gasteiger partial charge in [0, 0.05) is 44.9 Å². The largest absolute Gasteiger partial charge is 0.353 e. The fourth-order valence-electron chi connectivity index (χ4n) is 2.54. The molecule has 0 spiro atoms. The molecular weight excluding hydrogens is 256 g/mol. The van der Waals surface area contributed by atoms with Crippen molar-refractivity contribution in [1.29, 1.82) is 0 Å². The number of anilines is 1. The van der Waals surface area contributed by atoms with E-state index >= 15 is 0 Å². The molecule has 0 radical (unpaired) electrons. The molecule has 0 aliphatic carbocycles. The Bertz CT molecular complexity index is 656. The van der Waals surface area contributed by atoms with Crippen molar-refractivity contribution in [2.75, 3.05) is 31.1 Å². The van der Waals surface area contributed by atoms with Crippen LogP contribution in [0, 0.1) is 13.8 Å². The van der Waals surface area contributed by atoms with Crippen LogP contribution in [0.15, 0.2) is 6.07 Å². The van der Waals surface area contributed by atoms with Crippen molar-refractivity contribution >= 4 is 17.5 Å². The SMILES string of the molecule is CC(=O)N1CCN(c2cc(C)nc3nc(C)nn23)CC1. The summed E-state index contributed by atoms with van der Waals surface area (Å²) in [5.74, 6) is 2.48. The van der Waals surface area contributed by atoms with Crippen LogP contribution in [0.2, 0.25) is 0 Å². The average molecular weight is 274 g/mol. The lowest BCUT2D eigenvalue weighted by molar-refractivity contribution is -0.129. The van der Waals surface area contributed by atoms with E-state index in [9.17, 15) is 4.79 Å². The number of aryl methyl sites for hydroxylation is 2. The van der Waals surface area contributed by atoms with Crippen LogP contribution in [0.1, 0.15) is 18.4 Å². The Morgan fingerprint density at radius 1 is 1.15 bits per heavy atom. The van der Waals surface area contributed by atoms with Gasteiger partial charge >= 0.3 is 0 Å². The lowest BCUT2D eigenvalue weighted by Gasteiger charge is -2.35. The maximum absolute atomic E-state index is 11.4. The summed E-state index contributed by atoms with van der Waals surface area (Å²) in [6.07, 6.45) is 0. The van der Waals surface area contributed by atoms with Crippen molar-refractivity contribution < 1.29 is 4.79 Å². The highest BCUT2D eigenvalue weighted by Gasteiger charge is 2.21. The summed E-state index contributed by atoms with van der Waals surface area (Å²) in [4.78, 5) is 24.2. The average Bonchev–Trinajstić information content (AvgIpc) is 2.78.